The fraction of sp³-hybridized carbons (Fsp3) is 0.533. The molecule has 1 saturated carbocycles. The molecule has 1 aromatic rings. The van der Waals surface area contributed by atoms with Gasteiger partial charge in [0.2, 0.25) is 0 Å². The molecule has 2 heteroatoms. The average molecular weight is 251 g/mol. The molecule has 92 valence electrons. The zero-order chi connectivity index (χ0) is 12.3. The molecule has 2 rings (SSSR count). The summed E-state index contributed by atoms with van der Waals surface area (Å²) >= 11 is 5.85. The Balaban J connectivity index is 2.08. The van der Waals surface area contributed by atoms with Crippen LogP contribution in [0.15, 0.2) is 24.3 Å². The highest BCUT2D eigenvalue weighted by Crippen LogP contribution is 2.42. The molecule has 0 aliphatic heterocycles. The number of hydrogen-bond donors (Lipinski definition) is 0. The van der Waals surface area contributed by atoms with Crippen LogP contribution in [0.1, 0.15) is 44.6 Å². The van der Waals surface area contributed by atoms with Crippen LogP contribution in [0, 0.1) is 5.41 Å². The standard InChI is InChI=1S/C15H19ClO/c1-2-15(9-3-4-10-15)14(17)11-12-5-7-13(16)8-6-12/h5-8H,2-4,9-11H2,1H3. The van der Waals surface area contributed by atoms with Crippen molar-refractivity contribution in [3.8, 4) is 0 Å². The third-order valence-corrected chi connectivity index (χ3v) is 4.36. The van der Waals surface area contributed by atoms with Crippen molar-refractivity contribution in [2.75, 3.05) is 0 Å². The maximum Gasteiger partial charge on any atom is 0.143 e. The summed E-state index contributed by atoms with van der Waals surface area (Å²) in [5, 5.41) is 0.729. The summed E-state index contributed by atoms with van der Waals surface area (Å²) < 4.78 is 0. The van der Waals surface area contributed by atoms with E-state index in [1.165, 1.54) is 12.8 Å². The summed E-state index contributed by atoms with van der Waals surface area (Å²) in [7, 11) is 0. The predicted octanol–water partition coefficient (Wildman–Crippen LogP) is 4.42. The van der Waals surface area contributed by atoms with E-state index in [1.807, 2.05) is 24.3 Å². The van der Waals surface area contributed by atoms with Gasteiger partial charge < -0.3 is 0 Å². The van der Waals surface area contributed by atoms with E-state index in [-0.39, 0.29) is 5.41 Å². The van der Waals surface area contributed by atoms with E-state index < -0.39 is 0 Å². The fourth-order valence-corrected chi connectivity index (χ4v) is 2.98. The molecule has 0 unspecified atom stereocenters. The van der Waals surface area contributed by atoms with Crippen molar-refractivity contribution in [1.29, 1.82) is 0 Å². The Morgan fingerprint density at radius 3 is 2.35 bits per heavy atom. The average Bonchev–Trinajstić information content (AvgIpc) is 2.82. The molecule has 17 heavy (non-hydrogen) atoms. The number of hydrogen-bond acceptors (Lipinski definition) is 1. The van der Waals surface area contributed by atoms with Crippen LogP contribution >= 0.6 is 11.6 Å². The second kappa shape index (κ2) is 5.22. The minimum Gasteiger partial charge on any atom is -0.299 e. The van der Waals surface area contributed by atoms with Gasteiger partial charge in [-0.3, -0.25) is 4.79 Å². The van der Waals surface area contributed by atoms with Crippen molar-refractivity contribution in [3.05, 3.63) is 34.9 Å². The Morgan fingerprint density at radius 1 is 1.24 bits per heavy atom. The van der Waals surface area contributed by atoms with Gasteiger partial charge in [-0.25, -0.2) is 0 Å². The molecule has 1 nitrogen and oxygen atoms in total. The number of Topliss-reactive ketones (excluding diaryl/α,β-unsaturated/α-hetero) is 1. The van der Waals surface area contributed by atoms with E-state index >= 15 is 0 Å². The van der Waals surface area contributed by atoms with Gasteiger partial charge in [0.05, 0.1) is 0 Å². The number of carbonyl (C=O) groups is 1. The predicted molar refractivity (Wildman–Crippen MR) is 71.4 cm³/mol. The molecule has 0 heterocycles. The Hall–Kier alpha value is -0.820. The highest BCUT2D eigenvalue weighted by atomic mass is 35.5. The van der Waals surface area contributed by atoms with Gasteiger partial charge in [-0.15, -0.1) is 0 Å². The summed E-state index contributed by atoms with van der Waals surface area (Å²) in [4.78, 5) is 12.4. The fourth-order valence-electron chi connectivity index (χ4n) is 2.86. The van der Waals surface area contributed by atoms with Gasteiger partial charge in [0.25, 0.3) is 0 Å². The highest BCUT2D eigenvalue weighted by Gasteiger charge is 2.38. The molecule has 1 aliphatic rings. The number of halogens is 1. The van der Waals surface area contributed by atoms with Crippen molar-refractivity contribution in [2.45, 2.75) is 45.4 Å². The van der Waals surface area contributed by atoms with E-state index in [1.54, 1.807) is 0 Å². The van der Waals surface area contributed by atoms with Crippen LogP contribution in [-0.2, 0) is 11.2 Å². The summed E-state index contributed by atoms with van der Waals surface area (Å²) in [6.07, 6.45) is 6.12. The van der Waals surface area contributed by atoms with Gasteiger partial charge in [0.15, 0.2) is 0 Å². The van der Waals surface area contributed by atoms with E-state index in [9.17, 15) is 4.79 Å². The molecule has 0 aromatic heterocycles. The molecule has 1 aromatic carbocycles. The smallest absolute Gasteiger partial charge is 0.143 e. The van der Waals surface area contributed by atoms with E-state index in [2.05, 4.69) is 6.92 Å². The van der Waals surface area contributed by atoms with Gasteiger partial charge >= 0.3 is 0 Å². The van der Waals surface area contributed by atoms with Gasteiger partial charge in [0, 0.05) is 16.9 Å². The molecule has 0 spiro atoms. The molecule has 1 aliphatic carbocycles. The second-order valence-electron chi connectivity index (χ2n) is 5.07. The molecule has 0 radical (unpaired) electrons. The molecular weight excluding hydrogens is 232 g/mol. The Labute approximate surface area is 108 Å². The molecule has 1 fully saturated rings. The Kier molecular flexibility index (Phi) is 3.88. The zero-order valence-electron chi connectivity index (χ0n) is 10.3. The lowest BCUT2D eigenvalue weighted by Gasteiger charge is -2.25. The highest BCUT2D eigenvalue weighted by molar-refractivity contribution is 6.30. The monoisotopic (exact) mass is 250 g/mol. The zero-order valence-corrected chi connectivity index (χ0v) is 11.1. The van der Waals surface area contributed by atoms with E-state index in [4.69, 9.17) is 11.6 Å². The minimum atomic E-state index is -0.0281. The first-order valence-corrected chi connectivity index (χ1v) is 6.82. The van der Waals surface area contributed by atoms with Crippen LogP contribution in [0.25, 0.3) is 0 Å². The van der Waals surface area contributed by atoms with Crippen molar-refractivity contribution >= 4 is 17.4 Å². The van der Waals surface area contributed by atoms with E-state index in [0.717, 1.165) is 29.8 Å². The van der Waals surface area contributed by atoms with Gasteiger partial charge in [-0.1, -0.05) is 43.5 Å². The third-order valence-electron chi connectivity index (χ3n) is 4.11. The van der Waals surface area contributed by atoms with Crippen molar-refractivity contribution < 1.29 is 4.79 Å². The third kappa shape index (κ3) is 2.71. The first kappa shape index (κ1) is 12.6. The van der Waals surface area contributed by atoms with Crippen molar-refractivity contribution in [3.63, 3.8) is 0 Å². The van der Waals surface area contributed by atoms with Crippen LogP contribution < -0.4 is 0 Å². The minimum absolute atomic E-state index is 0.0281. The lowest BCUT2D eigenvalue weighted by molar-refractivity contribution is -0.128. The van der Waals surface area contributed by atoms with Crippen molar-refractivity contribution in [2.24, 2.45) is 5.41 Å². The van der Waals surface area contributed by atoms with Gasteiger partial charge in [0.1, 0.15) is 5.78 Å². The number of carbonyl (C=O) groups excluding carboxylic acids is 1. The molecule has 0 atom stereocenters. The van der Waals surface area contributed by atoms with Crippen LogP contribution in [0.5, 0.6) is 0 Å². The van der Waals surface area contributed by atoms with Crippen LogP contribution in [0.3, 0.4) is 0 Å². The van der Waals surface area contributed by atoms with E-state index in [0.29, 0.717) is 12.2 Å². The van der Waals surface area contributed by atoms with Crippen LogP contribution in [-0.4, -0.2) is 5.78 Å². The molecule has 0 saturated heterocycles. The maximum atomic E-state index is 12.4. The normalized spacial score (nSPS) is 18.2. The summed E-state index contributed by atoms with van der Waals surface area (Å²) in [6, 6.07) is 7.63. The van der Waals surface area contributed by atoms with Crippen LogP contribution in [0.2, 0.25) is 5.02 Å². The second-order valence-corrected chi connectivity index (χ2v) is 5.50. The largest absolute Gasteiger partial charge is 0.299 e. The first-order chi connectivity index (χ1) is 8.16. The van der Waals surface area contributed by atoms with Gasteiger partial charge in [-0.2, -0.15) is 0 Å². The lowest BCUT2D eigenvalue weighted by Crippen LogP contribution is -2.28. The summed E-state index contributed by atoms with van der Waals surface area (Å²) in [5.41, 5.74) is 1.05. The maximum absolute atomic E-state index is 12.4. The number of rotatable bonds is 4. The molecule has 0 amide bonds. The molecular formula is C15H19ClO. The SMILES string of the molecule is CCC1(C(=O)Cc2ccc(Cl)cc2)CCCC1. The van der Waals surface area contributed by atoms with Crippen molar-refractivity contribution in [1.82, 2.24) is 0 Å². The number of ketones is 1. The Morgan fingerprint density at radius 2 is 1.82 bits per heavy atom. The molecule has 0 N–H and O–H groups in total. The van der Waals surface area contributed by atoms with Crippen LogP contribution in [0.4, 0.5) is 0 Å². The quantitative estimate of drug-likeness (QED) is 0.773. The molecule has 0 bridgehead atoms. The topological polar surface area (TPSA) is 17.1 Å². The Bertz CT molecular complexity index is 388. The summed E-state index contributed by atoms with van der Waals surface area (Å²) in [6.45, 7) is 2.14. The first-order valence-electron chi connectivity index (χ1n) is 6.44. The van der Waals surface area contributed by atoms with Gasteiger partial charge in [-0.05, 0) is 37.0 Å². The summed E-state index contributed by atoms with van der Waals surface area (Å²) in [5.74, 6) is 0.417. The lowest BCUT2D eigenvalue weighted by atomic mass is 9.77. The number of benzene rings is 1.